The summed E-state index contributed by atoms with van der Waals surface area (Å²) in [5, 5.41) is 5.98. The highest BCUT2D eigenvalue weighted by Crippen LogP contribution is 2.31. The van der Waals surface area contributed by atoms with Crippen LogP contribution in [0.15, 0.2) is 48.5 Å². The number of hydrogen-bond acceptors (Lipinski definition) is 2. The minimum absolute atomic E-state index is 0.0264. The number of fused-ring (bicyclic) bond motifs is 2. The number of hydrogen-bond donors (Lipinski definition) is 2. The Morgan fingerprint density at radius 2 is 1.76 bits per heavy atom. The second-order valence-corrected chi connectivity index (χ2v) is 6.93. The fourth-order valence-electron chi connectivity index (χ4n) is 3.92. The molecular formula is C21H24N2O2. The third-order valence-electron chi connectivity index (χ3n) is 5.21. The Morgan fingerprint density at radius 1 is 1.00 bits per heavy atom. The van der Waals surface area contributed by atoms with E-state index >= 15 is 0 Å². The van der Waals surface area contributed by atoms with Crippen LogP contribution in [-0.4, -0.2) is 25.2 Å². The zero-order valence-corrected chi connectivity index (χ0v) is 14.3. The smallest absolute Gasteiger partial charge is 0.314 e. The molecule has 2 aromatic carbocycles. The summed E-state index contributed by atoms with van der Waals surface area (Å²) in [7, 11) is 0. The van der Waals surface area contributed by atoms with Gasteiger partial charge >= 0.3 is 6.03 Å². The molecule has 0 saturated carbocycles. The Morgan fingerprint density at radius 3 is 2.64 bits per heavy atom. The molecule has 2 N–H and O–H groups in total. The third-order valence-corrected chi connectivity index (χ3v) is 5.21. The minimum atomic E-state index is -0.109. The van der Waals surface area contributed by atoms with Crippen molar-refractivity contribution in [2.45, 2.75) is 37.7 Å². The molecule has 4 heteroatoms. The number of aryl methyl sites for hydroxylation is 1. The topological polar surface area (TPSA) is 50.4 Å². The summed E-state index contributed by atoms with van der Waals surface area (Å²) in [6.45, 7) is 1.22. The Bertz CT molecular complexity index is 734. The molecule has 2 aromatic rings. The van der Waals surface area contributed by atoms with E-state index in [4.69, 9.17) is 4.74 Å². The Balaban J connectivity index is 1.24. The number of nitrogens with one attached hydrogen (secondary N) is 2. The van der Waals surface area contributed by atoms with Crippen LogP contribution in [0.2, 0.25) is 0 Å². The summed E-state index contributed by atoms with van der Waals surface area (Å²) >= 11 is 0. The largest absolute Gasteiger partial charge is 0.488 e. The first-order valence-electron chi connectivity index (χ1n) is 9.13. The van der Waals surface area contributed by atoms with Gasteiger partial charge in [-0.25, -0.2) is 4.79 Å². The molecule has 0 fully saturated rings. The van der Waals surface area contributed by atoms with Gasteiger partial charge in [0.15, 0.2) is 0 Å². The highest BCUT2D eigenvalue weighted by Gasteiger charge is 2.23. The Labute approximate surface area is 148 Å². The molecule has 130 valence electrons. The molecule has 4 rings (SSSR count). The summed E-state index contributed by atoms with van der Waals surface area (Å²) in [4.78, 5) is 12.1. The SMILES string of the molecule is O=C(NC[C@@H]1Cc2ccccc2O1)NC[C@H]1CCCc2ccccc21. The number of para-hydroxylation sites is 1. The lowest BCUT2D eigenvalue weighted by Gasteiger charge is -2.25. The molecule has 25 heavy (non-hydrogen) atoms. The van der Waals surface area contributed by atoms with Crippen LogP contribution in [0.5, 0.6) is 5.75 Å². The van der Waals surface area contributed by atoms with Crippen molar-refractivity contribution in [3.8, 4) is 5.75 Å². The molecule has 1 heterocycles. The van der Waals surface area contributed by atoms with Gasteiger partial charge in [-0.1, -0.05) is 42.5 Å². The number of ether oxygens (including phenoxy) is 1. The molecule has 4 nitrogen and oxygen atoms in total. The van der Waals surface area contributed by atoms with Crippen LogP contribution >= 0.6 is 0 Å². The van der Waals surface area contributed by atoms with Crippen LogP contribution in [0.25, 0.3) is 0 Å². The van der Waals surface area contributed by atoms with Gasteiger partial charge < -0.3 is 15.4 Å². The molecule has 2 atom stereocenters. The van der Waals surface area contributed by atoms with Crippen LogP contribution in [0.3, 0.4) is 0 Å². The highest BCUT2D eigenvalue weighted by atomic mass is 16.5. The van der Waals surface area contributed by atoms with E-state index in [0.717, 1.165) is 25.0 Å². The lowest BCUT2D eigenvalue weighted by atomic mass is 9.83. The van der Waals surface area contributed by atoms with Crippen molar-refractivity contribution in [1.82, 2.24) is 10.6 Å². The standard InChI is InChI=1S/C21H24N2O2/c24-21(23-14-18-12-16-7-2-4-11-20(16)25-18)22-13-17-9-5-8-15-6-1-3-10-19(15)17/h1-4,6-7,10-11,17-18H,5,8-9,12-14H2,(H2,22,23,24)/t17-,18+/m1/s1. The zero-order valence-electron chi connectivity index (χ0n) is 14.3. The summed E-state index contributed by atoms with van der Waals surface area (Å²) < 4.78 is 5.86. The van der Waals surface area contributed by atoms with Gasteiger partial charge in [0.1, 0.15) is 11.9 Å². The zero-order chi connectivity index (χ0) is 17.1. The fourth-order valence-corrected chi connectivity index (χ4v) is 3.92. The monoisotopic (exact) mass is 336 g/mol. The van der Waals surface area contributed by atoms with Crippen molar-refractivity contribution >= 4 is 6.03 Å². The quantitative estimate of drug-likeness (QED) is 0.899. The number of carbonyl (C=O) groups is 1. The van der Waals surface area contributed by atoms with Crippen molar-refractivity contribution in [2.24, 2.45) is 0 Å². The second kappa shape index (κ2) is 7.18. The van der Waals surface area contributed by atoms with Crippen LogP contribution < -0.4 is 15.4 Å². The van der Waals surface area contributed by atoms with Gasteiger partial charge in [-0.3, -0.25) is 0 Å². The van der Waals surface area contributed by atoms with Gasteiger partial charge in [0.25, 0.3) is 0 Å². The maximum Gasteiger partial charge on any atom is 0.314 e. The molecule has 1 aliphatic carbocycles. The molecular weight excluding hydrogens is 312 g/mol. The summed E-state index contributed by atoms with van der Waals surface area (Å²) in [6.07, 6.45) is 4.36. The average Bonchev–Trinajstić information content (AvgIpc) is 3.07. The van der Waals surface area contributed by atoms with Gasteiger partial charge in [0.2, 0.25) is 0 Å². The third kappa shape index (κ3) is 3.63. The van der Waals surface area contributed by atoms with E-state index in [1.165, 1.54) is 23.1 Å². The Kier molecular flexibility index (Phi) is 4.59. The number of amides is 2. The first-order chi connectivity index (χ1) is 12.3. The summed E-state index contributed by atoms with van der Waals surface area (Å²) in [5.41, 5.74) is 4.04. The molecule has 0 unspecified atom stereocenters. The van der Waals surface area contributed by atoms with E-state index in [1.54, 1.807) is 0 Å². The molecule has 2 aliphatic rings. The van der Waals surface area contributed by atoms with Gasteiger partial charge in [-0.15, -0.1) is 0 Å². The Hall–Kier alpha value is -2.49. The molecule has 0 radical (unpaired) electrons. The molecule has 1 aliphatic heterocycles. The number of rotatable bonds is 4. The fraction of sp³-hybridized carbons (Fsp3) is 0.381. The molecule has 0 saturated heterocycles. The summed E-state index contributed by atoms with van der Waals surface area (Å²) in [6, 6.07) is 16.5. The maximum atomic E-state index is 12.1. The van der Waals surface area contributed by atoms with E-state index in [-0.39, 0.29) is 12.1 Å². The van der Waals surface area contributed by atoms with Crippen molar-refractivity contribution in [1.29, 1.82) is 0 Å². The number of carbonyl (C=O) groups excluding carboxylic acids is 1. The first kappa shape index (κ1) is 16.0. The van der Waals surface area contributed by atoms with E-state index in [1.807, 2.05) is 18.2 Å². The predicted octanol–water partition coefficient (Wildman–Crippen LogP) is 3.41. The van der Waals surface area contributed by atoms with Crippen LogP contribution in [0.4, 0.5) is 4.79 Å². The predicted molar refractivity (Wildman–Crippen MR) is 98.1 cm³/mol. The molecule has 0 spiro atoms. The first-order valence-corrected chi connectivity index (χ1v) is 9.13. The number of benzene rings is 2. The van der Waals surface area contributed by atoms with E-state index in [0.29, 0.717) is 19.0 Å². The molecule has 0 bridgehead atoms. The molecule has 0 aromatic heterocycles. The van der Waals surface area contributed by atoms with E-state index in [2.05, 4.69) is 41.0 Å². The normalized spacial score (nSPS) is 21.0. The summed E-state index contributed by atoms with van der Waals surface area (Å²) in [5.74, 6) is 1.36. The second-order valence-electron chi connectivity index (χ2n) is 6.93. The van der Waals surface area contributed by atoms with Gasteiger partial charge in [0.05, 0.1) is 6.54 Å². The van der Waals surface area contributed by atoms with Gasteiger partial charge in [0, 0.05) is 18.9 Å². The minimum Gasteiger partial charge on any atom is -0.488 e. The molecule has 2 amide bonds. The maximum absolute atomic E-state index is 12.1. The number of urea groups is 1. The van der Waals surface area contributed by atoms with E-state index in [9.17, 15) is 4.79 Å². The van der Waals surface area contributed by atoms with Crippen LogP contribution in [0.1, 0.15) is 35.4 Å². The van der Waals surface area contributed by atoms with Crippen molar-refractivity contribution in [3.05, 3.63) is 65.2 Å². The lowest BCUT2D eigenvalue weighted by Crippen LogP contribution is -2.42. The lowest BCUT2D eigenvalue weighted by molar-refractivity contribution is 0.213. The average molecular weight is 336 g/mol. The van der Waals surface area contributed by atoms with Crippen molar-refractivity contribution in [2.75, 3.05) is 13.1 Å². The van der Waals surface area contributed by atoms with Crippen molar-refractivity contribution in [3.63, 3.8) is 0 Å². The van der Waals surface area contributed by atoms with Gasteiger partial charge in [-0.2, -0.15) is 0 Å². The van der Waals surface area contributed by atoms with Crippen LogP contribution in [0, 0.1) is 0 Å². The highest BCUT2D eigenvalue weighted by molar-refractivity contribution is 5.74. The van der Waals surface area contributed by atoms with E-state index < -0.39 is 0 Å². The van der Waals surface area contributed by atoms with Crippen molar-refractivity contribution < 1.29 is 9.53 Å². The van der Waals surface area contributed by atoms with Gasteiger partial charge in [-0.05, 0) is 42.0 Å². The van der Waals surface area contributed by atoms with Crippen LogP contribution in [-0.2, 0) is 12.8 Å².